The summed E-state index contributed by atoms with van der Waals surface area (Å²) in [4.78, 5) is 21.7. The lowest BCUT2D eigenvalue weighted by molar-refractivity contribution is -0.116. The molecule has 0 heterocycles. The Morgan fingerprint density at radius 2 is 2.00 bits per heavy atom. The first-order valence-corrected chi connectivity index (χ1v) is 4.43. The zero-order valence-electron chi connectivity index (χ0n) is 8.50. The maximum atomic E-state index is 13.1. The van der Waals surface area contributed by atoms with Gasteiger partial charge in [-0.3, -0.25) is 4.79 Å². The molecule has 0 aliphatic rings. The summed E-state index contributed by atoms with van der Waals surface area (Å²) < 4.78 is 13.1. The molecule has 0 aliphatic carbocycles. The van der Waals surface area contributed by atoms with Gasteiger partial charge in [0.1, 0.15) is 11.6 Å². The molecule has 0 unspecified atom stereocenters. The first kappa shape index (κ1) is 11.4. The van der Waals surface area contributed by atoms with Crippen molar-refractivity contribution in [1.29, 1.82) is 0 Å². The van der Waals surface area contributed by atoms with E-state index in [0.29, 0.717) is 11.1 Å². The van der Waals surface area contributed by atoms with E-state index in [1.165, 1.54) is 19.9 Å². The van der Waals surface area contributed by atoms with E-state index in [2.05, 4.69) is 0 Å². The van der Waals surface area contributed by atoms with Crippen molar-refractivity contribution in [3.63, 3.8) is 0 Å². The van der Waals surface area contributed by atoms with Crippen LogP contribution in [0.3, 0.4) is 0 Å². The number of carboxylic acids is 1. The molecule has 1 N–H and O–H groups in total. The number of carbonyl (C=O) groups excluding carboxylic acids is 1. The van der Waals surface area contributed by atoms with Gasteiger partial charge < -0.3 is 5.11 Å². The SMILES string of the molecule is CC(=O)Cc1cc(C)c(F)cc1C(=O)O. The molecule has 0 fully saturated rings. The van der Waals surface area contributed by atoms with Crippen molar-refractivity contribution in [1.82, 2.24) is 0 Å². The molecule has 1 aromatic carbocycles. The van der Waals surface area contributed by atoms with Crippen molar-refractivity contribution in [2.75, 3.05) is 0 Å². The van der Waals surface area contributed by atoms with E-state index in [9.17, 15) is 14.0 Å². The number of ketones is 1. The monoisotopic (exact) mass is 210 g/mol. The zero-order chi connectivity index (χ0) is 11.6. The minimum atomic E-state index is -1.22. The maximum Gasteiger partial charge on any atom is 0.336 e. The third-order valence-corrected chi connectivity index (χ3v) is 2.05. The van der Waals surface area contributed by atoms with Crippen molar-refractivity contribution < 1.29 is 19.1 Å². The van der Waals surface area contributed by atoms with Crippen LogP contribution >= 0.6 is 0 Å². The van der Waals surface area contributed by atoms with Gasteiger partial charge in [0.25, 0.3) is 0 Å². The van der Waals surface area contributed by atoms with Crippen LogP contribution in [0.4, 0.5) is 4.39 Å². The van der Waals surface area contributed by atoms with E-state index in [-0.39, 0.29) is 17.8 Å². The van der Waals surface area contributed by atoms with E-state index in [4.69, 9.17) is 5.11 Å². The van der Waals surface area contributed by atoms with E-state index in [1.807, 2.05) is 0 Å². The van der Waals surface area contributed by atoms with Gasteiger partial charge in [-0.15, -0.1) is 0 Å². The number of hydrogen-bond donors (Lipinski definition) is 1. The first-order chi connectivity index (χ1) is 6.91. The highest BCUT2D eigenvalue weighted by molar-refractivity contribution is 5.91. The highest BCUT2D eigenvalue weighted by Crippen LogP contribution is 2.16. The standard InChI is InChI=1S/C11H11FO3/c1-6-3-8(4-7(2)13)9(11(14)15)5-10(6)12/h3,5H,4H2,1-2H3,(H,14,15). The number of benzene rings is 1. The average molecular weight is 210 g/mol. The van der Waals surface area contributed by atoms with Gasteiger partial charge in [-0.2, -0.15) is 0 Å². The predicted molar refractivity (Wildman–Crippen MR) is 52.5 cm³/mol. The second kappa shape index (κ2) is 4.21. The van der Waals surface area contributed by atoms with E-state index < -0.39 is 11.8 Å². The second-order valence-corrected chi connectivity index (χ2v) is 3.44. The van der Waals surface area contributed by atoms with Crippen LogP contribution in [0.2, 0.25) is 0 Å². The van der Waals surface area contributed by atoms with E-state index >= 15 is 0 Å². The van der Waals surface area contributed by atoms with Crippen molar-refractivity contribution in [2.45, 2.75) is 20.3 Å². The summed E-state index contributed by atoms with van der Waals surface area (Å²) in [6.45, 7) is 2.90. The van der Waals surface area contributed by atoms with E-state index in [1.54, 1.807) is 0 Å². The van der Waals surface area contributed by atoms with Gasteiger partial charge in [0.2, 0.25) is 0 Å². The van der Waals surface area contributed by atoms with Crippen LogP contribution in [-0.4, -0.2) is 16.9 Å². The Bertz CT molecular complexity index is 424. The summed E-state index contributed by atoms with van der Waals surface area (Å²) in [7, 11) is 0. The Kier molecular flexibility index (Phi) is 3.19. The normalized spacial score (nSPS) is 10.1. The number of carboxylic acid groups (broad SMARTS) is 1. The van der Waals surface area contributed by atoms with Crippen LogP contribution in [0, 0.1) is 12.7 Å². The molecule has 4 heteroatoms. The fraction of sp³-hybridized carbons (Fsp3) is 0.273. The summed E-state index contributed by atoms with van der Waals surface area (Å²) in [5.74, 6) is -1.94. The van der Waals surface area contributed by atoms with Crippen molar-refractivity contribution in [3.05, 3.63) is 34.6 Å². The van der Waals surface area contributed by atoms with Crippen LogP contribution in [0.25, 0.3) is 0 Å². The fourth-order valence-corrected chi connectivity index (χ4v) is 1.35. The van der Waals surface area contributed by atoms with Gasteiger partial charge in [-0.1, -0.05) is 6.07 Å². The van der Waals surface area contributed by atoms with Crippen molar-refractivity contribution in [2.24, 2.45) is 0 Å². The van der Waals surface area contributed by atoms with Crippen LogP contribution in [0.1, 0.15) is 28.4 Å². The lowest BCUT2D eigenvalue weighted by Crippen LogP contribution is -2.08. The lowest BCUT2D eigenvalue weighted by Gasteiger charge is -2.06. The first-order valence-electron chi connectivity index (χ1n) is 4.43. The Hall–Kier alpha value is -1.71. The summed E-state index contributed by atoms with van der Waals surface area (Å²) in [5.41, 5.74) is 0.554. The molecule has 1 aromatic rings. The number of rotatable bonds is 3. The summed E-state index contributed by atoms with van der Waals surface area (Å²) in [6, 6.07) is 2.36. The topological polar surface area (TPSA) is 54.4 Å². The van der Waals surface area contributed by atoms with Gasteiger partial charge in [-0.05, 0) is 31.0 Å². The van der Waals surface area contributed by atoms with Gasteiger partial charge >= 0.3 is 5.97 Å². The molecule has 0 atom stereocenters. The Labute approximate surface area is 86.5 Å². The van der Waals surface area contributed by atoms with Gasteiger partial charge in [0.05, 0.1) is 5.56 Å². The molecule has 0 radical (unpaired) electrons. The molecule has 0 amide bonds. The summed E-state index contributed by atoms with van der Waals surface area (Å²) in [5, 5.41) is 8.82. The Balaban J connectivity index is 3.28. The molecule has 0 bridgehead atoms. The van der Waals surface area contributed by atoms with Crippen LogP contribution in [-0.2, 0) is 11.2 Å². The number of hydrogen-bond acceptors (Lipinski definition) is 2. The molecule has 0 aromatic heterocycles. The quantitative estimate of drug-likeness (QED) is 0.829. The molecule has 15 heavy (non-hydrogen) atoms. The molecule has 0 spiro atoms. The molecule has 0 saturated heterocycles. The van der Waals surface area contributed by atoms with Crippen molar-refractivity contribution in [3.8, 4) is 0 Å². The van der Waals surface area contributed by atoms with Crippen LogP contribution < -0.4 is 0 Å². The van der Waals surface area contributed by atoms with Gasteiger partial charge in [0.15, 0.2) is 0 Å². The highest BCUT2D eigenvalue weighted by atomic mass is 19.1. The minimum Gasteiger partial charge on any atom is -0.478 e. The number of aryl methyl sites for hydroxylation is 1. The zero-order valence-corrected chi connectivity index (χ0v) is 8.50. The average Bonchev–Trinajstić information content (AvgIpc) is 2.09. The molecular formula is C11H11FO3. The molecule has 3 nitrogen and oxygen atoms in total. The second-order valence-electron chi connectivity index (χ2n) is 3.44. The lowest BCUT2D eigenvalue weighted by atomic mass is 10.00. The smallest absolute Gasteiger partial charge is 0.336 e. The molecule has 80 valence electrons. The largest absolute Gasteiger partial charge is 0.478 e. The van der Waals surface area contributed by atoms with Crippen LogP contribution in [0.5, 0.6) is 0 Å². The minimum absolute atomic E-state index is 0.0166. The van der Waals surface area contributed by atoms with Gasteiger partial charge in [-0.25, -0.2) is 9.18 Å². The fourth-order valence-electron chi connectivity index (χ4n) is 1.35. The summed E-state index contributed by atoms with van der Waals surface area (Å²) >= 11 is 0. The van der Waals surface area contributed by atoms with Crippen molar-refractivity contribution >= 4 is 11.8 Å². The number of Topliss-reactive ketones (excluding diaryl/α,β-unsaturated/α-hetero) is 1. The molecule has 0 aliphatic heterocycles. The third kappa shape index (κ3) is 2.62. The maximum absolute atomic E-state index is 13.1. The number of carbonyl (C=O) groups is 2. The highest BCUT2D eigenvalue weighted by Gasteiger charge is 2.14. The van der Waals surface area contributed by atoms with E-state index in [0.717, 1.165) is 6.07 Å². The third-order valence-electron chi connectivity index (χ3n) is 2.05. The molecule has 0 saturated carbocycles. The Morgan fingerprint density at radius 3 is 2.47 bits per heavy atom. The summed E-state index contributed by atoms with van der Waals surface area (Å²) in [6.07, 6.45) is 0.0166. The molecule has 1 rings (SSSR count). The molecular weight excluding hydrogens is 199 g/mol. The van der Waals surface area contributed by atoms with Gasteiger partial charge in [0, 0.05) is 6.42 Å². The number of halogens is 1. The Morgan fingerprint density at radius 1 is 1.40 bits per heavy atom. The predicted octanol–water partition coefficient (Wildman–Crippen LogP) is 1.96. The number of aromatic carboxylic acids is 1. The van der Waals surface area contributed by atoms with Crippen LogP contribution in [0.15, 0.2) is 12.1 Å².